The molecule has 3 rings (SSSR count). The molecule has 30 heavy (non-hydrogen) atoms. The lowest BCUT2D eigenvalue weighted by atomic mass is 9.91. The van der Waals surface area contributed by atoms with Crippen molar-refractivity contribution in [1.29, 1.82) is 0 Å². The maximum absolute atomic E-state index is 13.4. The molecule has 2 aromatic carbocycles. The second kappa shape index (κ2) is 8.30. The van der Waals surface area contributed by atoms with Gasteiger partial charge in [0.25, 0.3) is 0 Å². The summed E-state index contributed by atoms with van der Waals surface area (Å²) >= 11 is 0. The van der Waals surface area contributed by atoms with Crippen molar-refractivity contribution in [3.05, 3.63) is 53.1 Å². The Kier molecular flexibility index (Phi) is 6.13. The number of methoxy groups -OCH3 is 1. The van der Waals surface area contributed by atoms with Crippen LogP contribution in [0.15, 0.2) is 36.4 Å². The molecule has 1 heterocycles. The average molecular weight is 422 g/mol. The van der Waals surface area contributed by atoms with Gasteiger partial charge >= 0.3 is 12.1 Å². The molecule has 162 valence electrons. The Bertz CT molecular complexity index is 929. The fourth-order valence-electron chi connectivity index (χ4n) is 3.44. The topological polar surface area (TPSA) is 44.8 Å². The second-order valence-corrected chi connectivity index (χ2v) is 8.21. The summed E-state index contributed by atoms with van der Waals surface area (Å²) in [6.45, 7) is 5.92. The number of alkyl halides is 3. The molecule has 0 N–H and O–H groups in total. The third-order valence-electron chi connectivity index (χ3n) is 4.77. The normalized spacial score (nSPS) is 15.2. The number of aryl methyl sites for hydroxylation is 1. The van der Waals surface area contributed by atoms with E-state index in [0.29, 0.717) is 17.7 Å². The number of benzene rings is 2. The fourth-order valence-corrected chi connectivity index (χ4v) is 3.44. The third kappa shape index (κ3) is 4.95. The van der Waals surface area contributed by atoms with E-state index in [1.165, 1.54) is 13.2 Å². The number of carbonyl (C=O) groups is 1. The first kappa shape index (κ1) is 22.2. The van der Waals surface area contributed by atoms with Crippen LogP contribution in [0.1, 0.15) is 50.0 Å². The van der Waals surface area contributed by atoms with Gasteiger partial charge < -0.3 is 14.2 Å². The minimum absolute atomic E-state index is 0.276. The van der Waals surface area contributed by atoms with Gasteiger partial charge in [-0.25, -0.2) is 4.79 Å². The predicted molar refractivity (Wildman–Crippen MR) is 106 cm³/mol. The lowest BCUT2D eigenvalue weighted by molar-refractivity contribution is -0.164. The number of halogens is 3. The van der Waals surface area contributed by atoms with Crippen LogP contribution in [0.4, 0.5) is 13.2 Å². The van der Waals surface area contributed by atoms with Crippen molar-refractivity contribution in [2.45, 2.75) is 51.5 Å². The van der Waals surface area contributed by atoms with Crippen LogP contribution in [0, 0.1) is 0 Å². The first-order chi connectivity index (χ1) is 14.0. The molecule has 1 aliphatic heterocycles. The molecule has 0 aliphatic carbocycles. The molecule has 0 bridgehead atoms. The number of fused-ring (bicyclic) bond motifs is 1. The molecule has 0 saturated heterocycles. The van der Waals surface area contributed by atoms with Gasteiger partial charge in [-0.1, -0.05) is 12.1 Å². The van der Waals surface area contributed by atoms with Crippen molar-refractivity contribution in [3.63, 3.8) is 0 Å². The SMILES string of the molecule is COC(=O)C(OC(C)(C)C)c1ccc(C(F)(F)F)cc1-c1ccc2c(c1)CCCO2. The zero-order chi connectivity index (χ0) is 22.1. The molecule has 0 amide bonds. The van der Waals surface area contributed by atoms with Crippen LogP contribution < -0.4 is 4.74 Å². The Morgan fingerprint density at radius 3 is 2.47 bits per heavy atom. The minimum Gasteiger partial charge on any atom is -0.493 e. The summed E-state index contributed by atoms with van der Waals surface area (Å²) in [5.74, 6) is 0.0567. The van der Waals surface area contributed by atoms with Crippen molar-refractivity contribution in [3.8, 4) is 16.9 Å². The summed E-state index contributed by atoms with van der Waals surface area (Å²) < 4.78 is 56.7. The van der Waals surface area contributed by atoms with Crippen LogP contribution in [0.2, 0.25) is 0 Å². The van der Waals surface area contributed by atoms with E-state index in [2.05, 4.69) is 0 Å². The maximum Gasteiger partial charge on any atom is 0.416 e. The molecule has 1 unspecified atom stereocenters. The number of esters is 1. The molecular weight excluding hydrogens is 397 g/mol. The number of rotatable bonds is 4. The van der Waals surface area contributed by atoms with Crippen LogP contribution >= 0.6 is 0 Å². The smallest absolute Gasteiger partial charge is 0.416 e. The van der Waals surface area contributed by atoms with Crippen LogP contribution in [0.5, 0.6) is 5.75 Å². The van der Waals surface area contributed by atoms with Gasteiger partial charge in [0.05, 0.1) is 24.9 Å². The van der Waals surface area contributed by atoms with E-state index in [4.69, 9.17) is 14.2 Å². The first-order valence-electron chi connectivity index (χ1n) is 9.72. The molecule has 0 radical (unpaired) electrons. The van der Waals surface area contributed by atoms with Gasteiger partial charge in [-0.2, -0.15) is 13.2 Å². The largest absolute Gasteiger partial charge is 0.493 e. The summed E-state index contributed by atoms with van der Waals surface area (Å²) in [6.07, 6.45) is -4.07. The minimum atomic E-state index is -4.52. The van der Waals surface area contributed by atoms with E-state index >= 15 is 0 Å². The summed E-state index contributed by atoms with van der Waals surface area (Å²) in [4.78, 5) is 12.5. The van der Waals surface area contributed by atoms with Gasteiger partial charge in [0.2, 0.25) is 0 Å². The monoisotopic (exact) mass is 422 g/mol. The maximum atomic E-state index is 13.4. The standard InChI is InChI=1S/C23H25F3O4/c1-22(2,3)30-20(21(27)28-4)17-9-8-16(23(24,25)26)13-18(17)14-7-10-19-15(12-14)6-5-11-29-19/h7-10,12-13,20H,5-6,11H2,1-4H3. The van der Waals surface area contributed by atoms with E-state index in [-0.39, 0.29) is 5.56 Å². The molecule has 0 saturated carbocycles. The lowest BCUT2D eigenvalue weighted by Crippen LogP contribution is -2.28. The molecule has 0 aromatic heterocycles. The van der Waals surface area contributed by atoms with Crippen molar-refractivity contribution in [2.75, 3.05) is 13.7 Å². The highest BCUT2D eigenvalue weighted by Crippen LogP contribution is 2.40. The summed E-state index contributed by atoms with van der Waals surface area (Å²) in [5, 5.41) is 0. The van der Waals surface area contributed by atoms with Gasteiger partial charge in [0.1, 0.15) is 5.75 Å². The Balaban J connectivity index is 2.19. The molecule has 0 spiro atoms. The molecular formula is C23H25F3O4. The van der Waals surface area contributed by atoms with Gasteiger partial charge in [-0.3, -0.25) is 0 Å². The van der Waals surface area contributed by atoms with E-state index in [1.54, 1.807) is 32.9 Å². The number of carbonyl (C=O) groups excluding carboxylic acids is 1. The van der Waals surface area contributed by atoms with Crippen molar-refractivity contribution < 1.29 is 32.2 Å². The van der Waals surface area contributed by atoms with Gasteiger partial charge in [-0.05, 0) is 80.1 Å². The average Bonchev–Trinajstić information content (AvgIpc) is 2.69. The molecule has 4 nitrogen and oxygen atoms in total. The highest BCUT2D eigenvalue weighted by Gasteiger charge is 2.35. The van der Waals surface area contributed by atoms with Crippen molar-refractivity contribution >= 4 is 5.97 Å². The quantitative estimate of drug-likeness (QED) is 0.591. The highest BCUT2D eigenvalue weighted by molar-refractivity contribution is 5.82. The first-order valence-corrected chi connectivity index (χ1v) is 9.72. The molecule has 2 aromatic rings. The molecule has 1 aliphatic rings. The van der Waals surface area contributed by atoms with E-state index in [1.807, 2.05) is 6.07 Å². The summed E-state index contributed by atoms with van der Waals surface area (Å²) in [6, 6.07) is 8.59. The Labute approximate surface area is 173 Å². The Morgan fingerprint density at radius 2 is 1.83 bits per heavy atom. The van der Waals surface area contributed by atoms with E-state index in [0.717, 1.165) is 36.3 Å². The van der Waals surface area contributed by atoms with Crippen molar-refractivity contribution in [2.24, 2.45) is 0 Å². The third-order valence-corrected chi connectivity index (χ3v) is 4.77. The zero-order valence-electron chi connectivity index (χ0n) is 17.4. The zero-order valence-corrected chi connectivity index (χ0v) is 17.4. The van der Waals surface area contributed by atoms with E-state index in [9.17, 15) is 18.0 Å². The lowest BCUT2D eigenvalue weighted by Gasteiger charge is -2.28. The molecule has 0 fully saturated rings. The van der Waals surface area contributed by atoms with Gasteiger partial charge in [0, 0.05) is 0 Å². The fraction of sp³-hybridized carbons (Fsp3) is 0.435. The van der Waals surface area contributed by atoms with Gasteiger partial charge in [-0.15, -0.1) is 0 Å². The number of hydrogen-bond acceptors (Lipinski definition) is 4. The number of hydrogen-bond donors (Lipinski definition) is 0. The van der Waals surface area contributed by atoms with E-state index < -0.39 is 29.4 Å². The predicted octanol–water partition coefficient (Wildman–Crippen LogP) is 5.73. The Hall–Kier alpha value is -2.54. The van der Waals surface area contributed by atoms with Crippen LogP contribution in [-0.4, -0.2) is 25.3 Å². The number of ether oxygens (including phenoxy) is 3. The van der Waals surface area contributed by atoms with Crippen molar-refractivity contribution in [1.82, 2.24) is 0 Å². The van der Waals surface area contributed by atoms with Crippen LogP contribution in [-0.2, 0) is 26.9 Å². The van der Waals surface area contributed by atoms with Crippen LogP contribution in [0.3, 0.4) is 0 Å². The molecule has 1 atom stereocenters. The second-order valence-electron chi connectivity index (χ2n) is 8.21. The summed E-state index contributed by atoms with van der Waals surface area (Å²) in [7, 11) is 1.22. The van der Waals surface area contributed by atoms with Gasteiger partial charge in [0.15, 0.2) is 6.10 Å². The molecule has 7 heteroatoms. The summed E-state index contributed by atoms with van der Waals surface area (Å²) in [5.41, 5.74) is 0.567. The van der Waals surface area contributed by atoms with Crippen LogP contribution in [0.25, 0.3) is 11.1 Å². The highest BCUT2D eigenvalue weighted by atomic mass is 19.4. The Morgan fingerprint density at radius 1 is 1.10 bits per heavy atom.